The van der Waals surface area contributed by atoms with Gasteiger partial charge in [0.1, 0.15) is 11.5 Å². The van der Waals surface area contributed by atoms with Crippen LogP contribution in [0, 0.1) is 17.0 Å². The second-order valence-electron chi connectivity index (χ2n) is 9.18. The number of aliphatic hydroxyl groups excluding tert-OH is 1. The minimum atomic E-state index is -0.853. The highest BCUT2D eigenvalue weighted by Crippen LogP contribution is 2.40. The van der Waals surface area contributed by atoms with Gasteiger partial charge >= 0.3 is 0 Å². The van der Waals surface area contributed by atoms with E-state index in [4.69, 9.17) is 4.74 Å². The summed E-state index contributed by atoms with van der Waals surface area (Å²) in [5, 5.41) is 22.4. The number of unbranched alkanes of at least 4 members (excludes halogenated alkanes) is 1. The third kappa shape index (κ3) is 5.91. The van der Waals surface area contributed by atoms with E-state index in [-0.39, 0.29) is 17.0 Å². The zero-order valence-electron chi connectivity index (χ0n) is 21.2. The predicted molar refractivity (Wildman–Crippen MR) is 137 cm³/mol. The van der Waals surface area contributed by atoms with E-state index in [1.54, 1.807) is 18.2 Å². The lowest BCUT2D eigenvalue weighted by Crippen LogP contribution is -2.32. The minimum Gasteiger partial charge on any atom is -0.507 e. The quantitative estimate of drug-likeness (QED) is 0.122. The molecule has 192 valence electrons. The Kier molecular flexibility index (Phi) is 8.82. The first kappa shape index (κ1) is 26.9. The fraction of sp³-hybridized carbons (Fsp3) is 0.407. The number of nitrogens with zero attached hydrogens (tertiary/aromatic N) is 3. The summed E-state index contributed by atoms with van der Waals surface area (Å²) in [4.78, 5) is 40.2. The molecule has 0 radical (unpaired) electrons. The van der Waals surface area contributed by atoms with Gasteiger partial charge in [0.25, 0.3) is 17.4 Å². The largest absolute Gasteiger partial charge is 0.507 e. The van der Waals surface area contributed by atoms with Crippen LogP contribution in [0.1, 0.15) is 48.9 Å². The Morgan fingerprint density at radius 3 is 2.42 bits per heavy atom. The molecule has 0 aromatic heterocycles. The molecule has 1 amide bonds. The van der Waals surface area contributed by atoms with Crippen LogP contribution < -0.4 is 4.74 Å². The van der Waals surface area contributed by atoms with E-state index in [1.165, 1.54) is 29.2 Å². The zero-order chi connectivity index (χ0) is 26.4. The summed E-state index contributed by atoms with van der Waals surface area (Å²) in [5.74, 6) is -1.07. The lowest BCUT2D eigenvalue weighted by atomic mass is 9.94. The first-order valence-electron chi connectivity index (χ1n) is 12.1. The number of aliphatic hydroxyl groups is 1. The normalized spacial score (nSPS) is 17.1. The topological polar surface area (TPSA) is 113 Å². The van der Waals surface area contributed by atoms with Crippen molar-refractivity contribution in [2.75, 3.05) is 33.8 Å². The van der Waals surface area contributed by atoms with E-state index < -0.39 is 22.7 Å². The number of ketones is 1. The highest BCUT2D eigenvalue weighted by atomic mass is 16.6. The average molecular weight is 496 g/mol. The van der Waals surface area contributed by atoms with Gasteiger partial charge in [0, 0.05) is 24.2 Å². The van der Waals surface area contributed by atoms with Crippen molar-refractivity contribution in [3.05, 3.63) is 74.8 Å². The van der Waals surface area contributed by atoms with E-state index in [9.17, 15) is 24.8 Å². The first-order valence-corrected chi connectivity index (χ1v) is 12.1. The number of non-ortho nitro benzene ring substituents is 1. The van der Waals surface area contributed by atoms with Crippen molar-refractivity contribution in [1.29, 1.82) is 0 Å². The Balaban J connectivity index is 2.04. The molecule has 1 N–H and O–H groups in total. The Morgan fingerprint density at radius 1 is 1.14 bits per heavy atom. The number of carbonyl (C=O) groups excluding carboxylic acids is 2. The summed E-state index contributed by atoms with van der Waals surface area (Å²) >= 11 is 0. The van der Waals surface area contributed by atoms with Crippen molar-refractivity contribution in [3.63, 3.8) is 0 Å². The standard InChI is InChI=1S/C27H33N3O6/c1-5-6-16-36-22-13-10-20(17-18(22)2)25(31)23-24(19-8-11-21(12-9-19)30(34)35)29(27(33)26(23)32)15-7-14-28(3)4/h8-13,17,24,31H,5-7,14-16H2,1-4H3/b25-23+/t24-/m0/s1. The SMILES string of the molecule is CCCCOc1ccc(/C(O)=C2\C(=O)C(=O)N(CCCN(C)C)[C@H]2c2ccc([N+](=O)[O-])cc2)cc1C. The van der Waals surface area contributed by atoms with Crippen molar-refractivity contribution >= 4 is 23.1 Å². The molecule has 3 rings (SSSR count). The number of Topliss-reactive ketones (excluding diaryl/α,β-unsaturated/α-hetero) is 1. The maximum atomic E-state index is 13.2. The molecule has 1 fully saturated rings. The number of aryl methyl sites for hydroxylation is 1. The maximum absolute atomic E-state index is 13.2. The Bertz CT molecular complexity index is 1160. The molecule has 0 unspecified atom stereocenters. The Hall–Kier alpha value is -3.72. The van der Waals surface area contributed by atoms with Gasteiger partial charge in [-0.05, 0) is 81.9 Å². The number of hydrogen-bond donors (Lipinski definition) is 1. The average Bonchev–Trinajstić information content (AvgIpc) is 3.09. The lowest BCUT2D eigenvalue weighted by molar-refractivity contribution is -0.384. The molecule has 1 heterocycles. The van der Waals surface area contributed by atoms with E-state index in [0.717, 1.165) is 18.4 Å². The van der Waals surface area contributed by atoms with Gasteiger partial charge in [-0.2, -0.15) is 0 Å². The van der Waals surface area contributed by atoms with E-state index in [1.807, 2.05) is 25.9 Å². The van der Waals surface area contributed by atoms with Crippen LogP contribution in [-0.2, 0) is 9.59 Å². The molecule has 0 spiro atoms. The molecule has 2 aromatic rings. The van der Waals surface area contributed by atoms with Crippen LogP contribution in [0.25, 0.3) is 5.76 Å². The summed E-state index contributed by atoms with van der Waals surface area (Å²) < 4.78 is 5.79. The number of ether oxygens (including phenoxy) is 1. The summed E-state index contributed by atoms with van der Waals surface area (Å²) in [6.07, 6.45) is 2.55. The highest BCUT2D eigenvalue weighted by molar-refractivity contribution is 6.46. The summed E-state index contributed by atoms with van der Waals surface area (Å²) in [6.45, 7) is 5.51. The van der Waals surface area contributed by atoms with Crippen LogP contribution in [0.2, 0.25) is 0 Å². The van der Waals surface area contributed by atoms with Crippen LogP contribution >= 0.6 is 0 Å². The number of benzene rings is 2. The molecular formula is C27H33N3O6. The van der Waals surface area contributed by atoms with Gasteiger partial charge in [0.2, 0.25) is 0 Å². The van der Waals surface area contributed by atoms with Crippen LogP contribution in [0.15, 0.2) is 48.0 Å². The number of rotatable bonds is 11. The molecule has 0 bridgehead atoms. The van der Waals surface area contributed by atoms with E-state index >= 15 is 0 Å². The Labute approximate surface area is 211 Å². The lowest BCUT2D eigenvalue weighted by Gasteiger charge is -2.26. The molecule has 9 heteroatoms. The van der Waals surface area contributed by atoms with E-state index in [2.05, 4.69) is 6.92 Å². The molecule has 36 heavy (non-hydrogen) atoms. The first-order chi connectivity index (χ1) is 17.1. The van der Waals surface area contributed by atoms with Crippen LogP contribution in [0.5, 0.6) is 5.75 Å². The van der Waals surface area contributed by atoms with Gasteiger partial charge in [-0.1, -0.05) is 13.3 Å². The van der Waals surface area contributed by atoms with Crippen LogP contribution in [0.4, 0.5) is 5.69 Å². The molecule has 1 atom stereocenters. The number of hydrogen-bond acceptors (Lipinski definition) is 7. The van der Waals surface area contributed by atoms with Crippen LogP contribution in [-0.4, -0.2) is 65.3 Å². The molecule has 9 nitrogen and oxygen atoms in total. The van der Waals surface area contributed by atoms with Gasteiger partial charge < -0.3 is 19.6 Å². The van der Waals surface area contributed by atoms with Crippen LogP contribution in [0.3, 0.4) is 0 Å². The van der Waals surface area contributed by atoms with Gasteiger partial charge in [0.15, 0.2) is 0 Å². The summed E-state index contributed by atoms with van der Waals surface area (Å²) in [7, 11) is 3.83. The molecule has 1 aliphatic heterocycles. The monoisotopic (exact) mass is 495 g/mol. The fourth-order valence-corrected chi connectivity index (χ4v) is 4.23. The van der Waals surface area contributed by atoms with E-state index in [0.29, 0.717) is 43.0 Å². The summed E-state index contributed by atoms with van der Waals surface area (Å²) in [6, 6.07) is 10.00. The zero-order valence-corrected chi connectivity index (χ0v) is 21.2. The Morgan fingerprint density at radius 2 is 1.83 bits per heavy atom. The number of nitro benzene ring substituents is 1. The van der Waals surface area contributed by atoms with Gasteiger partial charge in [0.05, 0.1) is 23.1 Å². The number of amides is 1. The molecule has 1 aliphatic rings. The molecule has 1 saturated heterocycles. The van der Waals surface area contributed by atoms with Gasteiger partial charge in [-0.3, -0.25) is 19.7 Å². The van der Waals surface area contributed by atoms with Crippen molar-refractivity contribution in [1.82, 2.24) is 9.80 Å². The van der Waals surface area contributed by atoms with Crippen molar-refractivity contribution < 1.29 is 24.4 Å². The predicted octanol–water partition coefficient (Wildman–Crippen LogP) is 4.46. The minimum absolute atomic E-state index is 0.0299. The second-order valence-corrected chi connectivity index (χ2v) is 9.18. The van der Waals surface area contributed by atoms with Crippen molar-refractivity contribution in [2.45, 2.75) is 39.2 Å². The molecule has 0 saturated carbocycles. The number of nitro groups is 1. The second kappa shape index (κ2) is 11.8. The summed E-state index contributed by atoms with van der Waals surface area (Å²) in [5.41, 5.74) is 1.58. The van der Waals surface area contributed by atoms with Gasteiger partial charge in [-0.25, -0.2) is 0 Å². The third-order valence-corrected chi connectivity index (χ3v) is 6.17. The highest BCUT2D eigenvalue weighted by Gasteiger charge is 2.45. The number of carbonyl (C=O) groups is 2. The number of likely N-dealkylation sites (tertiary alicyclic amines) is 1. The maximum Gasteiger partial charge on any atom is 0.295 e. The molecule has 2 aromatic carbocycles. The van der Waals surface area contributed by atoms with Crippen molar-refractivity contribution in [2.24, 2.45) is 0 Å². The smallest absolute Gasteiger partial charge is 0.295 e. The fourth-order valence-electron chi connectivity index (χ4n) is 4.23. The van der Waals surface area contributed by atoms with Gasteiger partial charge in [-0.15, -0.1) is 0 Å². The third-order valence-electron chi connectivity index (χ3n) is 6.17. The van der Waals surface area contributed by atoms with Crippen molar-refractivity contribution in [3.8, 4) is 5.75 Å². The molecule has 0 aliphatic carbocycles. The molecular weight excluding hydrogens is 462 g/mol.